The average molecular weight is 412 g/mol. The maximum absolute atomic E-state index is 13.7. The van der Waals surface area contributed by atoms with Crippen LogP contribution in [0.1, 0.15) is 17.9 Å². The van der Waals surface area contributed by atoms with E-state index < -0.39 is 6.09 Å². The first-order valence-corrected chi connectivity index (χ1v) is 9.18. The van der Waals surface area contributed by atoms with Crippen LogP contribution < -0.4 is 10.2 Å². The minimum absolute atomic E-state index is 0.133. The number of hydrogen-bond acceptors (Lipinski definition) is 6. The van der Waals surface area contributed by atoms with Gasteiger partial charge in [0, 0.05) is 36.8 Å². The second kappa shape index (κ2) is 9.17. The van der Waals surface area contributed by atoms with Crippen molar-refractivity contribution in [1.29, 1.82) is 0 Å². The summed E-state index contributed by atoms with van der Waals surface area (Å²) in [6.45, 7) is 1.67. The van der Waals surface area contributed by atoms with E-state index in [0.29, 0.717) is 22.5 Å². The highest BCUT2D eigenvalue weighted by Crippen LogP contribution is 2.20. The molecule has 9 heteroatoms. The predicted octanol–water partition coefficient (Wildman–Crippen LogP) is 3.96. The van der Waals surface area contributed by atoms with Gasteiger partial charge in [-0.3, -0.25) is 9.69 Å². The molecule has 1 N–H and O–H groups in total. The lowest BCUT2D eigenvalue weighted by Crippen LogP contribution is -2.25. The summed E-state index contributed by atoms with van der Waals surface area (Å²) in [5.74, 6) is -0.0157. The maximum Gasteiger partial charge on any atom is 0.413 e. The molecule has 30 heavy (non-hydrogen) atoms. The lowest BCUT2D eigenvalue weighted by molar-refractivity contribution is -0.116. The zero-order valence-electron chi connectivity index (χ0n) is 16.8. The zero-order valence-corrected chi connectivity index (χ0v) is 16.8. The summed E-state index contributed by atoms with van der Waals surface area (Å²) in [5, 5.41) is 6.60. The van der Waals surface area contributed by atoms with Gasteiger partial charge in [0.25, 0.3) is 0 Å². The van der Waals surface area contributed by atoms with Crippen molar-refractivity contribution in [3.63, 3.8) is 0 Å². The third-order valence-corrected chi connectivity index (χ3v) is 4.45. The molecule has 0 saturated heterocycles. The Balaban J connectivity index is 1.54. The number of aryl methyl sites for hydroxylation is 2. The molecular formula is C21H21FN4O4. The first kappa shape index (κ1) is 21.0. The lowest BCUT2D eigenvalue weighted by Gasteiger charge is -2.15. The van der Waals surface area contributed by atoms with Gasteiger partial charge in [0.15, 0.2) is 0 Å². The monoisotopic (exact) mass is 412 g/mol. The molecule has 2 amide bonds. The number of carbonyl (C=O) groups is 2. The van der Waals surface area contributed by atoms with Gasteiger partial charge in [-0.15, -0.1) is 0 Å². The number of ether oxygens (including phenoxy) is 1. The van der Waals surface area contributed by atoms with E-state index >= 15 is 0 Å². The van der Waals surface area contributed by atoms with Crippen LogP contribution in [0, 0.1) is 12.7 Å². The third kappa shape index (κ3) is 4.99. The second-order valence-electron chi connectivity index (χ2n) is 6.60. The first-order chi connectivity index (χ1) is 14.4. The summed E-state index contributed by atoms with van der Waals surface area (Å²) in [4.78, 5) is 29.3. The molecule has 0 saturated carbocycles. The molecule has 0 spiro atoms. The fourth-order valence-electron chi connectivity index (χ4n) is 2.66. The number of nitrogens with zero attached hydrogens (tertiary/aromatic N) is 3. The normalized spacial score (nSPS) is 10.5. The standard InChI is InChI=1S/C21H21FN4O4/c1-13-4-5-14(12-17(13)22)20-24-19(30-25-20)11-10-18(27)23-15-6-8-16(9-7-15)26(2)21(28)29-3/h4-9,12H,10-11H2,1-3H3,(H,23,27). The van der Waals surface area contributed by atoms with Gasteiger partial charge < -0.3 is 14.6 Å². The van der Waals surface area contributed by atoms with E-state index in [0.717, 1.165) is 0 Å². The quantitative estimate of drug-likeness (QED) is 0.658. The molecular weight excluding hydrogens is 391 g/mol. The van der Waals surface area contributed by atoms with Crippen molar-refractivity contribution in [1.82, 2.24) is 10.1 Å². The highest BCUT2D eigenvalue weighted by atomic mass is 19.1. The van der Waals surface area contributed by atoms with Crippen LogP contribution in [-0.2, 0) is 16.0 Å². The van der Waals surface area contributed by atoms with E-state index in [-0.39, 0.29) is 36.3 Å². The van der Waals surface area contributed by atoms with E-state index in [2.05, 4.69) is 20.2 Å². The van der Waals surface area contributed by atoms with Crippen LogP contribution >= 0.6 is 0 Å². The molecule has 156 valence electrons. The Kier molecular flexibility index (Phi) is 6.41. The Labute approximate surface area is 172 Å². The minimum Gasteiger partial charge on any atom is -0.452 e. The van der Waals surface area contributed by atoms with Gasteiger partial charge in [0.05, 0.1) is 7.11 Å². The van der Waals surface area contributed by atoms with Crippen molar-refractivity contribution in [2.75, 3.05) is 24.4 Å². The van der Waals surface area contributed by atoms with Crippen molar-refractivity contribution in [3.8, 4) is 11.4 Å². The van der Waals surface area contributed by atoms with Gasteiger partial charge in [0.1, 0.15) is 5.82 Å². The van der Waals surface area contributed by atoms with E-state index in [1.54, 1.807) is 50.4 Å². The topological polar surface area (TPSA) is 97.6 Å². The molecule has 8 nitrogen and oxygen atoms in total. The van der Waals surface area contributed by atoms with Crippen molar-refractivity contribution >= 4 is 23.4 Å². The zero-order chi connectivity index (χ0) is 21.7. The Bertz CT molecular complexity index is 1050. The van der Waals surface area contributed by atoms with Crippen LogP contribution in [0.15, 0.2) is 47.0 Å². The number of hydrogen-bond donors (Lipinski definition) is 1. The lowest BCUT2D eigenvalue weighted by atomic mass is 10.1. The fourth-order valence-corrected chi connectivity index (χ4v) is 2.66. The van der Waals surface area contributed by atoms with Gasteiger partial charge in [0.2, 0.25) is 17.6 Å². The molecule has 0 aliphatic carbocycles. The number of aromatic nitrogens is 2. The summed E-state index contributed by atoms with van der Waals surface area (Å²) < 4.78 is 23.5. The number of amides is 2. The fraction of sp³-hybridized carbons (Fsp3) is 0.238. The SMILES string of the molecule is COC(=O)N(C)c1ccc(NC(=O)CCc2nc(-c3ccc(C)c(F)c3)no2)cc1. The van der Waals surface area contributed by atoms with Crippen molar-refractivity contribution in [2.24, 2.45) is 0 Å². The third-order valence-electron chi connectivity index (χ3n) is 4.45. The van der Waals surface area contributed by atoms with Crippen molar-refractivity contribution < 1.29 is 23.2 Å². The first-order valence-electron chi connectivity index (χ1n) is 9.18. The van der Waals surface area contributed by atoms with E-state index in [1.807, 2.05) is 0 Å². The number of halogens is 1. The predicted molar refractivity (Wildman–Crippen MR) is 109 cm³/mol. The molecule has 0 unspecified atom stereocenters. The smallest absolute Gasteiger partial charge is 0.413 e. The molecule has 0 aliphatic heterocycles. The Morgan fingerprint density at radius 1 is 1.20 bits per heavy atom. The number of rotatable bonds is 6. The Hall–Kier alpha value is -3.75. The molecule has 2 aromatic carbocycles. The minimum atomic E-state index is -0.487. The van der Waals surface area contributed by atoms with Gasteiger partial charge in [-0.05, 0) is 42.8 Å². The van der Waals surface area contributed by atoms with Gasteiger partial charge in [-0.2, -0.15) is 4.98 Å². The molecule has 0 radical (unpaired) electrons. The van der Waals surface area contributed by atoms with Crippen LogP contribution in [0.2, 0.25) is 0 Å². The average Bonchev–Trinajstić information content (AvgIpc) is 3.23. The molecule has 0 fully saturated rings. The van der Waals surface area contributed by atoms with E-state index in [9.17, 15) is 14.0 Å². The number of anilines is 2. The highest BCUT2D eigenvalue weighted by Gasteiger charge is 2.13. The van der Waals surface area contributed by atoms with Crippen LogP contribution in [0.3, 0.4) is 0 Å². The molecule has 0 aliphatic rings. The van der Waals surface area contributed by atoms with Gasteiger partial charge in [-0.1, -0.05) is 17.3 Å². The molecule has 3 rings (SSSR count). The van der Waals surface area contributed by atoms with Crippen LogP contribution in [-0.4, -0.2) is 36.3 Å². The van der Waals surface area contributed by atoms with Crippen LogP contribution in [0.25, 0.3) is 11.4 Å². The van der Waals surface area contributed by atoms with Gasteiger partial charge >= 0.3 is 6.09 Å². The Morgan fingerprint density at radius 2 is 1.93 bits per heavy atom. The number of benzene rings is 2. The van der Waals surface area contributed by atoms with Crippen LogP contribution in [0.5, 0.6) is 0 Å². The molecule has 1 heterocycles. The molecule has 0 bridgehead atoms. The van der Waals surface area contributed by atoms with Crippen LogP contribution in [0.4, 0.5) is 20.6 Å². The van der Waals surface area contributed by atoms with E-state index in [4.69, 9.17) is 4.52 Å². The summed E-state index contributed by atoms with van der Waals surface area (Å²) in [6, 6.07) is 11.4. The molecule has 3 aromatic rings. The van der Waals surface area contributed by atoms with Gasteiger partial charge in [-0.25, -0.2) is 9.18 Å². The van der Waals surface area contributed by atoms with Crippen molar-refractivity contribution in [2.45, 2.75) is 19.8 Å². The summed E-state index contributed by atoms with van der Waals surface area (Å²) >= 11 is 0. The highest BCUT2D eigenvalue weighted by molar-refractivity contribution is 5.92. The number of carbonyl (C=O) groups excluding carboxylic acids is 2. The molecule has 1 aromatic heterocycles. The summed E-state index contributed by atoms with van der Waals surface area (Å²) in [6.07, 6.45) is -0.108. The molecule has 0 atom stereocenters. The largest absolute Gasteiger partial charge is 0.452 e. The number of nitrogens with one attached hydrogen (secondary N) is 1. The second-order valence-corrected chi connectivity index (χ2v) is 6.60. The Morgan fingerprint density at radius 3 is 2.60 bits per heavy atom. The van der Waals surface area contributed by atoms with E-state index in [1.165, 1.54) is 18.1 Å². The summed E-state index contributed by atoms with van der Waals surface area (Å²) in [7, 11) is 2.89. The maximum atomic E-state index is 13.7. The summed E-state index contributed by atoms with van der Waals surface area (Å²) in [5.41, 5.74) is 2.26. The number of methoxy groups -OCH3 is 1. The van der Waals surface area contributed by atoms with Crippen molar-refractivity contribution in [3.05, 3.63) is 59.7 Å².